The Hall–Kier alpha value is -3.61. The topological polar surface area (TPSA) is 65.0 Å². The normalized spacial score (nSPS) is 15.5. The molecule has 0 saturated heterocycles. The zero-order valence-electron chi connectivity index (χ0n) is 20.2. The van der Waals surface area contributed by atoms with Crippen LogP contribution < -0.4 is 15.2 Å². The molecule has 1 aliphatic rings. The van der Waals surface area contributed by atoms with Gasteiger partial charge in [-0.05, 0) is 54.1 Å². The Kier molecular flexibility index (Phi) is 7.77. The van der Waals surface area contributed by atoms with Crippen LogP contribution in [0.15, 0.2) is 84.0 Å². The van der Waals surface area contributed by atoms with E-state index in [2.05, 4.69) is 10.4 Å². The summed E-state index contributed by atoms with van der Waals surface area (Å²) in [6.07, 6.45) is 3.50. The van der Waals surface area contributed by atoms with E-state index in [0.29, 0.717) is 21.4 Å². The number of amides is 1. The summed E-state index contributed by atoms with van der Waals surface area (Å²) in [5.74, 6) is -0.105. The number of anilines is 3. The molecule has 3 aromatic carbocycles. The minimum absolute atomic E-state index is 0.0654. The van der Waals surface area contributed by atoms with Gasteiger partial charge in [0.1, 0.15) is 6.17 Å². The Morgan fingerprint density at radius 2 is 1.61 bits per heavy atom. The van der Waals surface area contributed by atoms with Crippen LogP contribution in [0.1, 0.15) is 26.3 Å². The molecular formula is C28H26Cl2N4O2. The number of carbonyl (C=O) groups is 2. The third-order valence-electron chi connectivity index (χ3n) is 5.63. The van der Waals surface area contributed by atoms with Crippen LogP contribution in [0, 0.1) is 5.92 Å². The molecule has 0 spiro atoms. The van der Waals surface area contributed by atoms with E-state index < -0.39 is 6.17 Å². The second-order valence-electron chi connectivity index (χ2n) is 8.67. The Labute approximate surface area is 220 Å². The number of benzene rings is 3. The molecule has 4 rings (SSSR count). The highest BCUT2D eigenvalue weighted by atomic mass is 35.5. The molecule has 1 atom stereocenters. The third-order valence-corrected chi connectivity index (χ3v) is 6.37. The zero-order valence-corrected chi connectivity index (χ0v) is 21.7. The van der Waals surface area contributed by atoms with E-state index in [-0.39, 0.29) is 23.4 Å². The lowest BCUT2D eigenvalue weighted by atomic mass is 10.1. The monoisotopic (exact) mass is 520 g/mol. The molecule has 1 aliphatic heterocycles. The van der Waals surface area contributed by atoms with Crippen molar-refractivity contribution in [3.05, 3.63) is 94.5 Å². The number of hydrazone groups is 1. The summed E-state index contributed by atoms with van der Waals surface area (Å²) in [4.78, 5) is 26.7. The fraction of sp³-hybridized carbons (Fsp3) is 0.179. The summed E-state index contributed by atoms with van der Waals surface area (Å²) in [7, 11) is 0. The molecule has 1 N–H and O–H groups in total. The number of nitrogens with zero attached hydrogens (tertiary/aromatic N) is 3. The molecule has 0 radical (unpaired) electrons. The van der Waals surface area contributed by atoms with Gasteiger partial charge in [-0.1, -0.05) is 73.5 Å². The van der Waals surface area contributed by atoms with Gasteiger partial charge < -0.3 is 5.32 Å². The summed E-state index contributed by atoms with van der Waals surface area (Å²) < 4.78 is 0. The lowest BCUT2D eigenvalue weighted by Crippen LogP contribution is -2.43. The number of Topliss-reactive ketones (excluding diaryl/α,β-unsaturated/α-hetero) is 1. The Morgan fingerprint density at radius 1 is 0.944 bits per heavy atom. The number of halogens is 2. The van der Waals surface area contributed by atoms with Gasteiger partial charge in [0.15, 0.2) is 11.6 Å². The van der Waals surface area contributed by atoms with Crippen LogP contribution in [0.5, 0.6) is 0 Å². The van der Waals surface area contributed by atoms with Crippen molar-refractivity contribution >= 4 is 63.9 Å². The molecule has 184 valence electrons. The smallest absolute Gasteiger partial charge is 0.226 e. The van der Waals surface area contributed by atoms with Gasteiger partial charge in [-0.3, -0.25) is 14.5 Å². The van der Waals surface area contributed by atoms with Crippen molar-refractivity contribution in [1.29, 1.82) is 0 Å². The van der Waals surface area contributed by atoms with Crippen LogP contribution >= 0.6 is 23.2 Å². The summed E-state index contributed by atoms with van der Waals surface area (Å²) in [5.41, 5.74) is 3.12. The van der Waals surface area contributed by atoms with Gasteiger partial charge >= 0.3 is 0 Å². The van der Waals surface area contributed by atoms with Gasteiger partial charge in [0, 0.05) is 24.2 Å². The number of hydrogen-bond donors (Lipinski definition) is 1. The summed E-state index contributed by atoms with van der Waals surface area (Å²) in [6.45, 7) is 5.16. The minimum atomic E-state index is -0.461. The van der Waals surface area contributed by atoms with Crippen LogP contribution in [0.2, 0.25) is 10.0 Å². The second-order valence-corrected chi connectivity index (χ2v) is 9.48. The lowest BCUT2D eigenvalue weighted by Gasteiger charge is -2.29. The molecule has 0 saturated carbocycles. The summed E-state index contributed by atoms with van der Waals surface area (Å²) >= 11 is 12.5. The first kappa shape index (κ1) is 25.5. The van der Waals surface area contributed by atoms with E-state index in [1.54, 1.807) is 17.1 Å². The van der Waals surface area contributed by atoms with Gasteiger partial charge in [-0.2, -0.15) is 0 Å². The summed E-state index contributed by atoms with van der Waals surface area (Å²) in [6, 6.07) is 22.5. The van der Waals surface area contributed by atoms with Gasteiger partial charge in [-0.15, -0.1) is 5.10 Å². The van der Waals surface area contributed by atoms with Crippen LogP contribution in [-0.2, 0) is 9.59 Å². The molecule has 36 heavy (non-hydrogen) atoms. The standard InChI is InChI=1S/C28H26Cl2N4O2/c1-18(2)28(36)31-21-10-12-22(13-11-21)33-26(16-9-20-7-5-4-6-8-20)34(32-27(33)19(3)35)23-14-15-24(29)25(30)17-23/h4-18,26H,1-3H3,(H,31,36)/b16-9+. The first-order valence-electron chi connectivity index (χ1n) is 11.5. The van der Waals surface area contributed by atoms with Gasteiger partial charge in [-0.25, -0.2) is 5.01 Å². The average molecular weight is 521 g/mol. The number of carbonyl (C=O) groups excluding carboxylic acids is 2. The molecule has 6 nitrogen and oxygen atoms in total. The van der Waals surface area contributed by atoms with Crippen molar-refractivity contribution in [2.45, 2.75) is 26.9 Å². The number of nitrogens with one attached hydrogen (secondary N) is 1. The van der Waals surface area contributed by atoms with Crippen molar-refractivity contribution < 1.29 is 9.59 Å². The van der Waals surface area contributed by atoms with Crippen LogP contribution in [-0.4, -0.2) is 23.7 Å². The maximum Gasteiger partial charge on any atom is 0.226 e. The van der Waals surface area contributed by atoms with Crippen molar-refractivity contribution in [1.82, 2.24) is 0 Å². The Balaban J connectivity index is 1.75. The molecule has 0 aromatic heterocycles. The minimum Gasteiger partial charge on any atom is -0.326 e. The first-order chi connectivity index (χ1) is 17.2. The largest absolute Gasteiger partial charge is 0.326 e. The predicted octanol–water partition coefficient (Wildman–Crippen LogP) is 6.86. The fourth-order valence-electron chi connectivity index (χ4n) is 3.72. The van der Waals surface area contributed by atoms with E-state index in [4.69, 9.17) is 23.2 Å². The molecule has 0 bridgehead atoms. The zero-order chi connectivity index (χ0) is 25.8. The predicted molar refractivity (Wildman–Crippen MR) is 149 cm³/mol. The van der Waals surface area contributed by atoms with Crippen LogP contribution in [0.25, 0.3) is 6.08 Å². The molecule has 1 heterocycles. The van der Waals surface area contributed by atoms with Crippen molar-refractivity contribution in [2.24, 2.45) is 11.0 Å². The first-order valence-corrected chi connectivity index (χ1v) is 12.3. The number of rotatable bonds is 7. The second kappa shape index (κ2) is 11.0. The molecule has 0 fully saturated rings. The highest BCUT2D eigenvalue weighted by Gasteiger charge is 2.36. The van der Waals surface area contributed by atoms with Gasteiger partial charge in [0.05, 0.1) is 15.7 Å². The molecular weight excluding hydrogens is 495 g/mol. The number of amidine groups is 1. The number of hydrogen-bond acceptors (Lipinski definition) is 5. The quantitative estimate of drug-likeness (QED) is 0.369. The van der Waals surface area contributed by atoms with E-state index in [0.717, 1.165) is 11.3 Å². The van der Waals surface area contributed by atoms with Crippen molar-refractivity contribution in [3.63, 3.8) is 0 Å². The van der Waals surface area contributed by atoms with Crippen molar-refractivity contribution in [2.75, 3.05) is 15.2 Å². The van der Waals surface area contributed by atoms with E-state index >= 15 is 0 Å². The molecule has 0 aliphatic carbocycles. The summed E-state index contributed by atoms with van der Waals surface area (Å²) in [5, 5.41) is 10.1. The maximum atomic E-state index is 12.7. The maximum absolute atomic E-state index is 12.7. The SMILES string of the molecule is CC(=O)C1=NN(c2ccc(Cl)c(Cl)c2)C(/C=C/c2ccccc2)N1c1ccc(NC(=O)C(C)C)cc1. The Morgan fingerprint density at radius 3 is 2.22 bits per heavy atom. The highest BCUT2D eigenvalue weighted by molar-refractivity contribution is 6.44. The van der Waals surface area contributed by atoms with Crippen LogP contribution in [0.3, 0.4) is 0 Å². The Bertz CT molecular complexity index is 1320. The van der Waals surface area contributed by atoms with Crippen LogP contribution in [0.4, 0.5) is 17.1 Å². The number of ketones is 1. The molecule has 3 aromatic rings. The third kappa shape index (κ3) is 5.61. The van der Waals surface area contributed by atoms with Gasteiger partial charge in [0.25, 0.3) is 0 Å². The van der Waals surface area contributed by atoms with E-state index in [1.807, 2.05) is 91.6 Å². The lowest BCUT2D eigenvalue weighted by molar-refractivity contribution is -0.119. The molecule has 1 unspecified atom stereocenters. The molecule has 1 amide bonds. The highest BCUT2D eigenvalue weighted by Crippen LogP contribution is 2.34. The molecule has 8 heteroatoms. The van der Waals surface area contributed by atoms with Gasteiger partial charge in [0.2, 0.25) is 5.91 Å². The van der Waals surface area contributed by atoms with Crippen molar-refractivity contribution in [3.8, 4) is 0 Å². The fourth-order valence-corrected chi connectivity index (χ4v) is 4.01. The van der Waals surface area contributed by atoms with E-state index in [1.165, 1.54) is 6.92 Å². The average Bonchev–Trinajstić information content (AvgIpc) is 3.25. The van der Waals surface area contributed by atoms with E-state index in [9.17, 15) is 9.59 Å².